The summed E-state index contributed by atoms with van der Waals surface area (Å²) < 4.78 is 5.64. The van der Waals surface area contributed by atoms with Gasteiger partial charge in [-0.1, -0.05) is 32.0 Å². The third kappa shape index (κ3) is 3.82. The fraction of sp³-hybridized carbons (Fsp3) is 0.389. The van der Waals surface area contributed by atoms with Crippen molar-refractivity contribution in [1.29, 1.82) is 0 Å². The molecule has 1 heterocycles. The minimum atomic E-state index is 0.112. The fourth-order valence-electron chi connectivity index (χ4n) is 2.45. The standard InChI is InChI=1S/C18H24N2O/c1-4-13-21-16-10-8-15(9-11-16)17(19-3)18-14(5-2)7-6-12-20-18/h6-12,17,19H,4-5,13H2,1-3H3. The number of nitrogens with zero attached hydrogens (tertiary/aromatic N) is 1. The molecule has 0 saturated heterocycles. The molecular formula is C18H24N2O. The first-order valence-electron chi connectivity index (χ1n) is 7.64. The lowest BCUT2D eigenvalue weighted by Gasteiger charge is -2.19. The van der Waals surface area contributed by atoms with Crippen LogP contribution in [0, 0.1) is 0 Å². The third-order valence-electron chi connectivity index (χ3n) is 3.56. The highest BCUT2D eigenvalue weighted by Gasteiger charge is 2.16. The van der Waals surface area contributed by atoms with E-state index in [4.69, 9.17) is 4.74 Å². The molecule has 0 bridgehead atoms. The van der Waals surface area contributed by atoms with E-state index in [1.807, 2.05) is 31.4 Å². The molecule has 3 nitrogen and oxygen atoms in total. The largest absolute Gasteiger partial charge is 0.494 e. The van der Waals surface area contributed by atoms with E-state index in [0.717, 1.165) is 30.9 Å². The molecule has 1 aromatic heterocycles. The Morgan fingerprint density at radius 3 is 2.52 bits per heavy atom. The maximum atomic E-state index is 5.64. The normalized spacial score (nSPS) is 12.1. The highest BCUT2D eigenvalue weighted by atomic mass is 16.5. The number of rotatable bonds is 7. The Kier molecular flexibility index (Phi) is 5.76. The molecule has 1 N–H and O–H groups in total. The Morgan fingerprint density at radius 2 is 1.90 bits per heavy atom. The van der Waals surface area contributed by atoms with E-state index in [9.17, 15) is 0 Å². The van der Waals surface area contributed by atoms with Crippen molar-refractivity contribution >= 4 is 0 Å². The second-order valence-electron chi connectivity index (χ2n) is 5.04. The van der Waals surface area contributed by atoms with Gasteiger partial charge >= 0.3 is 0 Å². The van der Waals surface area contributed by atoms with Crippen LogP contribution >= 0.6 is 0 Å². The smallest absolute Gasteiger partial charge is 0.119 e. The molecule has 21 heavy (non-hydrogen) atoms. The lowest BCUT2D eigenvalue weighted by molar-refractivity contribution is 0.317. The number of ether oxygens (including phenoxy) is 1. The quantitative estimate of drug-likeness (QED) is 0.841. The molecule has 0 spiro atoms. The Labute approximate surface area is 127 Å². The van der Waals surface area contributed by atoms with Crippen LogP contribution in [-0.2, 0) is 6.42 Å². The Morgan fingerprint density at radius 1 is 1.14 bits per heavy atom. The van der Waals surface area contributed by atoms with Gasteiger partial charge in [0.2, 0.25) is 0 Å². The number of aromatic nitrogens is 1. The monoisotopic (exact) mass is 284 g/mol. The zero-order valence-corrected chi connectivity index (χ0v) is 13.1. The highest BCUT2D eigenvalue weighted by molar-refractivity contribution is 5.36. The predicted octanol–water partition coefficient (Wildman–Crippen LogP) is 3.74. The van der Waals surface area contributed by atoms with Gasteiger partial charge in [0.1, 0.15) is 5.75 Å². The van der Waals surface area contributed by atoms with Gasteiger partial charge in [-0.15, -0.1) is 0 Å². The van der Waals surface area contributed by atoms with Gasteiger partial charge in [0.05, 0.1) is 18.3 Å². The molecule has 1 unspecified atom stereocenters. The summed E-state index contributed by atoms with van der Waals surface area (Å²) in [6.45, 7) is 5.03. The van der Waals surface area contributed by atoms with E-state index in [-0.39, 0.29) is 6.04 Å². The number of hydrogen-bond acceptors (Lipinski definition) is 3. The van der Waals surface area contributed by atoms with Gasteiger partial charge in [-0.05, 0) is 49.2 Å². The maximum absolute atomic E-state index is 5.64. The van der Waals surface area contributed by atoms with E-state index in [1.165, 1.54) is 11.1 Å². The summed E-state index contributed by atoms with van der Waals surface area (Å²) >= 11 is 0. The molecule has 0 amide bonds. The van der Waals surface area contributed by atoms with Crippen LogP contribution in [0.3, 0.4) is 0 Å². The summed E-state index contributed by atoms with van der Waals surface area (Å²) in [7, 11) is 1.97. The molecule has 0 fully saturated rings. The molecule has 0 saturated carbocycles. The van der Waals surface area contributed by atoms with Crippen molar-refractivity contribution in [2.24, 2.45) is 0 Å². The molecule has 0 aliphatic heterocycles. The van der Waals surface area contributed by atoms with Gasteiger partial charge in [-0.3, -0.25) is 4.98 Å². The van der Waals surface area contributed by atoms with E-state index >= 15 is 0 Å². The van der Waals surface area contributed by atoms with Crippen LogP contribution < -0.4 is 10.1 Å². The van der Waals surface area contributed by atoms with E-state index < -0.39 is 0 Å². The molecule has 112 valence electrons. The van der Waals surface area contributed by atoms with Crippen molar-refractivity contribution in [3.8, 4) is 5.75 Å². The molecule has 0 aliphatic rings. The van der Waals surface area contributed by atoms with Crippen molar-refractivity contribution in [2.75, 3.05) is 13.7 Å². The molecule has 2 rings (SSSR count). The summed E-state index contributed by atoms with van der Waals surface area (Å²) in [4.78, 5) is 4.58. The number of hydrogen-bond donors (Lipinski definition) is 1. The fourth-order valence-corrected chi connectivity index (χ4v) is 2.45. The molecule has 2 aromatic rings. The van der Waals surface area contributed by atoms with Crippen molar-refractivity contribution < 1.29 is 4.74 Å². The minimum absolute atomic E-state index is 0.112. The molecule has 1 atom stereocenters. The Balaban J connectivity index is 2.24. The second kappa shape index (κ2) is 7.79. The van der Waals surface area contributed by atoms with Crippen LogP contribution in [0.1, 0.15) is 43.1 Å². The van der Waals surface area contributed by atoms with Crippen LogP contribution in [0.4, 0.5) is 0 Å². The third-order valence-corrected chi connectivity index (χ3v) is 3.56. The maximum Gasteiger partial charge on any atom is 0.119 e. The zero-order valence-electron chi connectivity index (χ0n) is 13.1. The molecular weight excluding hydrogens is 260 g/mol. The molecule has 3 heteroatoms. The highest BCUT2D eigenvalue weighted by Crippen LogP contribution is 2.25. The van der Waals surface area contributed by atoms with E-state index in [0.29, 0.717) is 0 Å². The summed E-state index contributed by atoms with van der Waals surface area (Å²) in [5.41, 5.74) is 3.59. The van der Waals surface area contributed by atoms with Gasteiger partial charge in [-0.2, -0.15) is 0 Å². The average Bonchev–Trinajstić information content (AvgIpc) is 2.55. The van der Waals surface area contributed by atoms with Gasteiger partial charge in [0.15, 0.2) is 0 Å². The van der Waals surface area contributed by atoms with Crippen LogP contribution in [0.2, 0.25) is 0 Å². The summed E-state index contributed by atoms with van der Waals surface area (Å²) in [5.74, 6) is 0.923. The number of benzene rings is 1. The van der Waals surface area contributed by atoms with E-state index in [2.05, 4.69) is 42.3 Å². The topological polar surface area (TPSA) is 34.1 Å². The van der Waals surface area contributed by atoms with Gasteiger partial charge in [0.25, 0.3) is 0 Å². The molecule has 1 aromatic carbocycles. The van der Waals surface area contributed by atoms with Crippen LogP contribution in [0.5, 0.6) is 5.75 Å². The zero-order chi connectivity index (χ0) is 15.1. The van der Waals surface area contributed by atoms with Crippen LogP contribution in [0.25, 0.3) is 0 Å². The van der Waals surface area contributed by atoms with Gasteiger partial charge in [0, 0.05) is 6.20 Å². The van der Waals surface area contributed by atoms with Crippen LogP contribution in [-0.4, -0.2) is 18.6 Å². The molecule has 0 radical (unpaired) electrons. The number of aryl methyl sites for hydroxylation is 1. The summed E-state index contributed by atoms with van der Waals surface area (Å²) in [6.07, 6.45) is 3.87. The summed E-state index contributed by atoms with van der Waals surface area (Å²) in [5, 5.41) is 3.37. The molecule has 0 aliphatic carbocycles. The first-order valence-corrected chi connectivity index (χ1v) is 7.64. The van der Waals surface area contributed by atoms with Crippen molar-refractivity contribution in [1.82, 2.24) is 10.3 Å². The lowest BCUT2D eigenvalue weighted by atomic mass is 9.98. The Bertz CT molecular complexity index is 551. The lowest BCUT2D eigenvalue weighted by Crippen LogP contribution is -2.20. The SMILES string of the molecule is CCCOc1ccc(C(NC)c2ncccc2CC)cc1. The minimum Gasteiger partial charge on any atom is -0.494 e. The van der Waals surface area contributed by atoms with Crippen molar-refractivity contribution in [3.63, 3.8) is 0 Å². The predicted molar refractivity (Wildman–Crippen MR) is 86.7 cm³/mol. The first kappa shape index (κ1) is 15.5. The summed E-state index contributed by atoms with van der Waals surface area (Å²) in [6, 6.07) is 12.5. The second-order valence-corrected chi connectivity index (χ2v) is 5.04. The van der Waals surface area contributed by atoms with Crippen molar-refractivity contribution in [2.45, 2.75) is 32.7 Å². The van der Waals surface area contributed by atoms with Crippen molar-refractivity contribution in [3.05, 3.63) is 59.4 Å². The Hall–Kier alpha value is -1.87. The van der Waals surface area contributed by atoms with Crippen LogP contribution in [0.15, 0.2) is 42.6 Å². The number of pyridine rings is 1. The van der Waals surface area contributed by atoms with Gasteiger partial charge < -0.3 is 10.1 Å². The average molecular weight is 284 g/mol. The van der Waals surface area contributed by atoms with E-state index in [1.54, 1.807) is 0 Å². The van der Waals surface area contributed by atoms with Gasteiger partial charge in [-0.25, -0.2) is 0 Å². The first-order chi connectivity index (χ1) is 10.3. The number of nitrogens with one attached hydrogen (secondary N) is 1.